The monoisotopic (exact) mass is 244 g/mol. The molecule has 96 valence electrons. The number of hydrogen-bond donors (Lipinski definition) is 2. The highest BCUT2D eigenvalue weighted by atomic mass is 15.1. The summed E-state index contributed by atoms with van der Waals surface area (Å²) in [6.45, 7) is 2.47. The molecule has 1 fully saturated rings. The lowest BCUT2D eigenvalue weighted by Gasteiger charge is -2.36. The first-order chi connectivity index (χ1) is 8.67. The Balaban J connectivity index is 2.08. The third kappa shape index (κ3) is 2.81. The molecule has 1 aliphatic heterocycles. The number of nitrogens with two attached hydrogens (primary N) is 1. The van der Waals surface area contributed by atoms with Gasteiger partial charge in [-0.2, -0.15) is 5.26 Å². The topological polar surface area (TPSA) is 65.1 Å². The Morgan fingerprint density at radius 1 is 1.33 bits per heavy atom. The third-order valence-electron chi connectivity index (χ3n) is 3.63. The SMILES string of the molecule is CN1CCC(C#N)(Nc2ccc(CN)cc2)CC1. The highest BCUT2D eigenvalue weighted by Crippen LogP contribution is 2.26. The Kier molecular flexibility index (Phi) is 3.85. The number of benzene rings is 1. The van der Waals surface area contributed by atoms with E-state index in [0.29, 0.717) is 6.54 Å². The summed E-state index contributed by atoms with van der Waals surface area (Å²) in [5.74, 6) is 0. The number of hydrogen-bond acceptors (Lipinski definition) is 4. The quantitative estimate of drug-likeness (QED) is 0.846. The standard InChI is InChI=1S/C14H20N4/c1-18-8-6-14(11-16,7-9-18)17-13-4-2-12(10-15)3-5-13/h2-5,17H,6-10,15H2,1H3. The van der Waals surface area contributed by atoms with Crippen LogP contribution in [-0.4, -0.2) is 30.6 Å². The number of piperidine rings is 1. The van der Waals surface area contributed by atoms with E-state index in [1.807, 2.05) is 24.3 Å². The number of likely N-dealkylation sites (tertiary alicyclic amines) is 1. The van der Waals surface area contributed by atoms with Gasteiger partial charge in [0.15, 0.2) is 0 Å². The van der Waals surface area contributed by atoms with Crippen LogP contribution in [0.15, 0.2) is 24.3 Å². The lowest BCUT2D eigenvalue weighted by atomic mass is 9.89. The molecule has 1 saturated heterocycles. The average Bonchev–Trinajstić information content (AvgIpc) is 2.43. The van der Waals surface area contributed by atoms with E-state index < -0.39 is 5.54 Å². The molecule has 0 bridgehead atoms. The summed E-state index contributed by atoms with van der Waals surface area (Å²) < 4.78 is 0. The van der Waals surface area contributed by atoms with Gasteiger partial charge in [0.1, 0.15) is 5.54 Å². The molecule has 1 aromatic carbocycles. The van der Waals surface area contributed by atoms with E-state index in [1.165, 1.54) is 0 Å². The fourth-order valence-corrected chi connectivity index (χ4v) is 2.27. The van der Waals surface area contributed by atoms with Crippen molar-refractivity contribution in [2.45, 2.75) is 24.9 Å². The molecule has 0 saturated carbocycles. The van der Waals surface area contributed by atoms with Gasteiger partial charge < -0.3 is 16.0 Å². The van der Waals surface area contributed by atoms with Crippen LogP contribution in [0, 0.1) is 11.3 Å². The molecule has 0 spiro atoms. The maximum absolute atomic E-state index is 9.44. The van der Waals surface area contributed by atoms with Crippen molar-refractivity contribution in [3.8, 4) is 6.07 Å². The number of nitriles is 1. The zero-order chi connectivity index (χ0) is 13.0. The summed E-state index contributed by atoms with van der Waals surface area (Å²) in [7, 11) is 2.09. The number of nitrogens with one attached hydrogen (secondary N) is 1. The van der Waals surface area contributed by atoms with Gasteiger partial charge in [-0.05, 0) is 37.6 Å². The Labute approximate surface area is 108 Å². The van der Waals surface area contributed by atoms with E-state index in [2.05, 4.69) is 23.3 Å². The normalized spacial score (nSPS) is 19.2. The van der Waals surface area contributed by atoms with Crippen molar-refractivity contribution in [2.24, 2.45) is 5.73 Å². The predicted octanol–water partition coefficient (Wildman–Crippen LogP) is 1.55. The average molecular weight is 244 g/mol. The summed E-state index contributed by atoms with van der Waals surface area (Å²) in [5, 5.41) is 12.8. The smallest absolute Gasteiger partial charge is 0.127 e. The molecule has 4 heteroatoms. The molecular formula is C14H20N4. The maximum Gasteiger partial charge on any atom is 0.127 e. The summed E-state index contributed by atoms with van der Waals surface area (Å²) in [6, 6.07) is 10.5. The zero-order valence-electron chi connectivity index (χ0n) is 10.8. The van der Waals surface area contributed by atoms with Crippen molar-refractivity contribution in [1.82, 2.24) is 4.90 Å². The van der Waals surface area contributed by atoms with Crippen molar-refractivity contribution in [3.63, 3.8) is 0 Å². The van der Waals surface area contributed by atoms with E-state index in [0.717, 1.165) is 37.2 Å². The minimum absolute atomic E-state index is 0.420. The Bertz CT molecular complexity index is 424. The minimum Gasteiger partial charge on any atom is -0.367 e. The molecule has 0 amide bonds. The number of nitrogens with zero attached hydrogens (tertiary/aromatic N) is 2. The van der Waals surface area contributed by atoms with E-state index in [1.54, 1.807) is 0 Å². The van der Waals surface area contributed by atoms with Crippen LogP contribution in [0.1, 0.15) is 18.4 Å². The second-order valence-corrected chi connectivity index (χ2v) is 5.02. The van der Waals surface area contributed by atoms with Gasteiger partial charge in [0.05, 0.1) is 6.07 Å². The molecule has 3 N–H and O–H groups in total. The van der Waals surface area contributed by atoms with Gasteiger partial charge in [0, 0.05) is 25.3 Å². The van der Waals surface area contributed by atoms with E-state index in [9.17, 15) is 5.26 Å². The molecule has 18 heavy (non-hydrogen) atoms. The zero-order valence-corrected chi connectivity index (χ0v) is 10.8. The van der Waals surface area contributed by atoms with Gasteiger partial charge in [0.2, 0.25) is 0 Å². The second-order valence-electron chi connectivity index (χ2n) is 5.02. The molecule has 0 atom stereocenters. The number of anilines is 1. The van der Waals surface area contributed by atoms with Crippen LogP contribution in [-0.2, 0) is 6.54 Å². The lowest BCUT2D eigenvalue weighted by Crippen LogP contribution is -2.47. The molecule has 0 aromatic heterocycles. The first-order valence-electron chi connectivity index (χ1n) is 6.34. The van der Waals surface area contributed by atoms with Gasteiger partial charge in [0.25, 0.3) is 0 Å². The molecule has 0 aliphatic carbocycles. The van der Waals surface area contributed by atoms with Crippen LogP contribution >= 0.6 is 0 Å². The first kappa shape index (κ1) is 12.9. The molecule has 4 nitrogen and oxygen atoms in total. The lowest BCUT2D eigenvalue weighted by molar-refractivity contribution is 0.235. The summed E-state index contributed by atoms with van der Waals surface area (Å²) in [6.07, 6.45) is 1.72. The molecule has 1 aromatic rings. The van der Waals surface area contributed by atoms with Crippen LogP contribution in [0.5, 0.6) is 0 Å². The van der Waals surface area contributed by atoms with Crippen LogP contribution in [0.2, 0.25) is 0 Å². The van der Waals surface area contributed by atoms with Gasteiger partial charge >= 0.3 is 0 Å². The summed E-state index contributed by atoms with van der Waals surface area (Å²) in [5.41, 5.74) is 7.26. The second kappa shape index (κ2) is 5.38. The Hall–Kier alpha value is -1.57. The van der Waals surface area contributed by atoms with Crippen molar-refractivity contribution in [1.29, 1.82) is 5.26 Å². The molecule has 1 aliphatic rings. The molecule has 0 radical (unpaired) electrons. The molecule has 0 unspecified atom stereocenters. The first-order valence-corrected chi connectivity index (χ1v) is 6.34. The fraction of sp³-hybridized carbons (Fsp3) is 0.500. The van der Waals surface area contributed by atoms with Gasteiger partial charge in [-0.15, -0.1) is 0 Å². The summed E-state index contributed by atoms with van der Waals surface area (Å²) >= 11 is 0. The fourth-order valence-electron chi connectivity index (χ4n) is 2.27. The molecule has 1 heterocycles. The summed E-state index contributed by atoms with van der Waals surface area (Å²) in [4.78, 5) is 2.26. The van der Waals surface area contributed by atoms with Crippen molar-refractivity contribution < 1.29 is 0 Å². The molecule has 2 rings (SSSR count). The van der Waals surface area contributed by atoms with Crippen molar-refractivity contribution >= 4 is 5.69 Å². The maximum atomic E-state index is 9.44. The van der Waals surface area contributed by atoms with E-state index in [4.69, 9.17) is 5.73 Å². The number of rotatable bonds is 3. The van der Waals surface area contributed by atoms with Crippen molar-refractivity contribution in [3.05, 3.63) is 29.8 Å². The largest absolute Gasteiger partial charge is 0.367 e. The third-order valence-corrected chi connectivity index (χ3v) is 3.63. The van der Waals surface area contributed by atoms with Crippen LogP contribution in [0.3, 0.4) is 0 Å². The van der Waals surface area contributed by atoms with Crippen molar-refractivity contribution in [2.75, 3.05) is 25.5 Å². The van der Waals surface area contributed by atoms with Gasteiger partial charge in [-0.3, -0.25) is 0 Å². The minimum atomic E-state index is -0.420. The van der Waals surface area contributed by atoms with Crippen LogP contribution in [0.4, 0.5) is 5.69 Å². The van der Waals surface area contributed by atoms with Gasteiger partial charge in [-0.25, -0.2) is 0 Å². The highest BCUT2D eigenvalue weighted by molar-refractivity contribution is 5.49. The Morgan fingerprint density at radius 2 is 1.94 bits per heavy atom. The van der Waals surface area contributed by atoms with Crippen LogP contribution < -0.4 is 11.1 Å². The predicted molar refractivity (Wildman–Crippen MR) is 73.0 cm³/mol. The molecular weight excluding hydrogens is 224 g/mol. The van der Waals surface area contributed by atoms with Gasteiger partial charge in [-0.1, -0.05) is 12.1 Å². The Morgan fingerprint density at radius 3 is 2.44 bits per heavy atom. The van der Waals surface area contributed by atoms with E-state index >= 15 is 0 Å². The van der Waals surface area contributed by atoms with E-state index in [-0.39, 0.29) is 0 Å². The highest BCUT2D eigenvalue weighted by Gasteiger charge is 2.33. The van der Waals surface area contributed by atoms with Crippen LogP contribution in [0.25, 0.3) is 0 Å².